The maximum Gasteiger partial charge on any atom is 0.287 e. The van der Waals surface area contributed by atoms with E-state index in [1.165, 1.54) is 11.3 Å². The van der Waals surface area contributed by atoms with Crippen LogP contribution in [0.1, 0.15) is 20.1 Å². The van der Waals surface area contributed by atoms with Crippen LogP contribution in [-0.4, -0.2) is 30.1 Å². The first-order chi connectivity index (χ1) is 7.35. The summed E-state index contributed by atoms with van der Waals surface area (Å²) in [6.07, 6.45) is 0. The first kappa shape index (κ1) is 13.1. The third-order valence-corrected chi connectivity index (χ3v) is 3.28. The normalized spacial score (nSPS) is 11.6. The molecule has 0 saturated carbocycles. The van der Waals surface area contributed by atoms with Gasteiger partial charge in [-0.3, -0.25) is 4.79 Å². The van der Waals surface area contributed by atoms with Gasteiger partial charge in [0.15, 0.2) is 0 Å². The van der Waals surface area contributed by atoms with Gasteiger partial charge in [-0.2, -0.15) is 0 Å². The molecule has 3 nitrogen and oxygen atoms in total. The average molecular weight is 249 g/mol. The van der Waals surface area contributed by atoms with E-state index in [1.807, 2.05) is 13.8 Å². The summed E-state index contributed by atoms with van der Waals surface area (Å²) in [5.74, 6) is -3.80. The van der Waals surface area contributed by atoms with E-state index in [2.05, 4.69) is 5.32 Å². The summed E-state index contributed by atoms with van der Waals surface area (Å²) in [5, 5.41) is 10.4. The molecule has 6 heteroatoms. The minimum atomic E-state index is -3.27. The Morgan fingerprint density at radius 2 is 2.19 bits per heavy atom. The molecule has 0 aliphatic carbocycles. The highest BCUT2D eigenvalue weighted by Gasteiger charge is 2.28. The number of aliphatic hydroxyl groups excluding tert-OH is 1. The molecule has 16 heavy (non-hydrogen) atoms. The SMILES string of the molecule is Cc1cc(C(=O)NCC(F)(F)CO)sc1C. The van der Waals surface area contributed by atoms with Crippen molar-refractivity contribution >= 4 is 17.2 Å². The van der Waals surface area contributed by atoms with Crippen LogP contribution in [0.2, 0.25) is 0 Å². The van der Waals surface area contributed by atoms with Crippen molar-refractivity contribution in [2.75, 3.05) is 13.2 Å². The molecule has 90 valence electrons. The van der Waals surface area contributed by atoms with Gasteiger partial charge in [0.25, 0.3) is 11.8 Å². The third kappa shape index (κ3) is 3.24. The fourth-order valence-corrected chi connectivity index (χ4v) is 1.99. The molecule has 1 rings (SSSR count). The van der Waals surface area contributed by atoms with Gasteiger partial charge in [0, 0.05) is 4.88 Å². The number of halogens is 2. The van der Waals surface area contributed by atoms with Gasteiger partial charge in [-0.25, -0.2) is 8.78 Å². The highest BCUT2D eigenvalue weighted by Crippen LogP contribution is 2.20. The molecular formula is C10H13F2NO2S. The molecule has 1 aromatic rings. The number of amides is 1. The summed E-state index contributed by atoms with van der Waals surface area (Å²) < 4.78 is 25.3. The Morgan fingerprint density at radius 3 is 2.62 bits per heavy atom. The predicted molar refractivity (Wildman–Crippen MR) is 58.2 cm³/mol. The molecule has 0 aliphatic heterocycles. The molecule has 0 atom stereocenters. The van der Waals surface area contributed by atoms with E-state index in [-0.39, 0.29) is 0 Å². The summed E-state index contributed by atoms with van der Waals surface area (Å²) in [4.78, 5) is 12.8. The van der Waals surface area contributed by atoms with Gasteiger partial charge >= 0.3 is 0 Å². The molecule has 0 aliphatic rings. The van der Waals surface area contributed by atoms with E-state index in [1.54, 1.807) is 6.07 Å². The Hall–Kier alpha value is -1.01. The Morgan fingerprint density at radius 1 is 1.56 bits per heavy atom. The van der Waals surface area contributed by atoms with Crippen molar-refractivity contribution in [3.63, 3.8) is 0 Å². The largest absolute Gasteiger partial charge is 0.390 e. The quantitative estimate of drug-likeness (QED) is 0.853. The van der Waals surface area contributed by atoms with Gasteiger partial charge in [-0.1, -0.05) is 0 Å². The number of rotatable bonds is 4. The lowest BCUT2D eigenvalue weighted by atomic mass is 10.3. The summed E-state index contributed by atoms with van der Waals surface area (Å²) in [5.41, 5.74) is 0.962. The zero-order valence-corrected chi connectivity index (χ0v) is 9.83. The third-order valence-electron chi connectivity index (χ3n) is 2.13. The van der Waals surface area contributed by atoms with Crippen molar-refractivity contribution in [1.82, 2.24) is 5.32 Å². The van der Waals surface area contributed by atoms with Crippen molar-refractivity contribution < 1.29 is 18.7 Å². The Bertz CT molecular complexity index is 371. The monoisotopic (exact) mass is 249 g/mol. The second kappa shape index (κ2) is 4.88. The molecule has 0 spiro atoms. The van der Waals surface area contributed by atoms with E-state index in [9.17, 15) is 13.6 Å². The number of alkyl halides is 2. The topological polar surface area (TPSA) is 49.3 Å². The number of hydrogen-bond donors (Lipinski definition) is 2. The lowest BCUT2D eigenvalue weighted by Crippen LogP contribution is -2.38. The Kier molecular flexibility index (Phi) is 3.98. The summed E-state index contributed by atoms with van der Waals surface area (Å²) in [7, 11) is 0. The first-order valence-electron chi connectivity index (χ1n) is 4.69. The van der Waals surface area contributed by atoms with E-state index >= 15 is 0 Å². The van der Waals surface area contributed by atoms with Crippen molar-refractivity contribution in [2.45, 2.75) is 19.8 Å². The smallest absolute Gasteiger partial charge is 0.287 e. The van der Waals surface area contributed by atoms with Gasteiger partial charge in [0.2, 0.25) is 0 Å². The van der Waals surface area contributed by atoms with E-state index in [0.29, 0.717) is 4.88 Å². The van der Waals surface area contributed by atoms with Gasteiger partial charge < -0.3 is 10.4 Å². The summed E-state index contributed by atoms with van der Waals surface area (Å²) in [6.45, 7) is 1.60. The molecule has 0 fully saturated rings. The highest BCUT2D eigenvalue weighted by molar-refractivity contribution is 7.14. The van der Waals surface area contributed by atoms with Crippen molar-refractivity contribution in [3.8, 4) is 0 Å². The standard InChI is InChI=1S/C10H13F2NO2S/c1-6-3-8(16-7(6)2)9(15)13-4-10(11,12)5-14/h3,14H,4-5H2,1-2H3,(H,13,15). The molecule has 0 saturated heterocycles. The Balaban J connectivity index is 2.60. The maximum absolute atomic E-state index is 12.7. The van der Waals surface area contributed by atoms with Gasteiger partial charge in [0.1, 0.15) is 6.61 Å². The second-order valence-corrected chi connectivity index (χ2v) is 4.80. The Labute approximate surface area is 96.1 Å². The van der Waals surface area contributed by atoms with Crippen LogP contribution in [0.5, 0.6) is 0 Å². The number of thiophene rings is 1. The van der Waals surface area contributed by atoms with Crippen LogP contribution >= 0.6 is 11.3 Å². The zero-order chi connectivity index (χ0) is 12.3. The highest BCUT2D eigenvalue weighted by atomic mass is 32.1. The van der Waals surface area contributed by atoms with E-state index in [0.717, 1.165) is 10.4 Å². The van der Waals surface area contributed by atoms with Crippen molar-refractivity contribution in [2.24, 2.45) is 0 Å². The van der Waals surface area contributed by atoms with Crippen molar-refractivity contribution in [1.29, 1.82) is 0 Å². The number of nitrogens with one attached hydrogen (secondary N) is 1. The van der Waals surface area contributed by atoms with Crippen molar-refractivity contribution in [3.05, 3.63) is 21.4 Å². The fraction of sp³-hybridized carbons (Fsp3) is 0.500. The molecule has 0 bridgehead atoms. The molecule has 1 aromatic heterocycles. The number of carbonyl (C=O) groups excluding carboxylic acids is 1. The summed E-state index contributed by atoms with van der Waals surface area (Å²) >= 11 is 1.26. The minimum Gasteiger partial charge on any atom is -0.390 e. The number of carbonyl (C=O) groups is 1. The van der Waals surface area contributed by atoms with Gasteiger partial charge in [0.05, 0.1) is 11.4 Å². The lowest BCUT2D eigenvalue weighted by Gasteiger charge is -2.13. The molecule has 0 radical (unpaired) electrons. The molecule has 0 unspecified atom stereocenters. The van der Waals surface area contributed by atoms with Crippen LogP contribution in [0.4, 0.5) is 8.78 Å². The predicted octanol–water partition coefficient (Wildman–Crippen LogP) is 1.72. The lowest BCUT2D eigenvalue weighted by molar-refractivity contribution is -0.0461. The fourth-order valence-electron chi connectivity index (χ4n) is 1.04. The molecule has 0 aromatic carbocycles. The molecule has 1 heterocycles. The number of hydrogen-bond acceptors (Lipinski definition) is 3. The van der Waals surface area contributed by atoms with Crippen LogP contribution in [0.3, 0.4) is 0 Å². The van der Waals surface area contributed by atoms with Gasteiger partial charge in [-0.05, 0) is 25.5 Å². The van der Waals surface area contributed by atoms with Crippen LogP contribution in [0.25, 0.3) is 0 Å². The second-order valence-electron chi connectivity index (χ2n) is 3.55. The first-order valence-corrected chi connectivity index (χ1v) is 5.51. The minimum absolute atomic E-state index is 0.406. The number of aryl methyl sites for hydroxylation is 2. The van der Waals surface area contributed by atoms with E-state index in [4.69, 9.17) is 5.11 Å². The molecular weight excluding hydrogens is 236 g/mol. The number of aliphatic hydroxyl groups is 1. The van der Waals surface area contributed by atoms with Crippen LogP contribution in [-0.2, 0) is 0 Å². The van der Waals surface area contributed by atoms with E-state index < -0.39 is 25.0 Å². The van der Waals surface area contributed by atoms with Crippen LogP contribution < -0.4 is 5.32 Å². The van der Waals surface area contributed by atoms with Gasteiger partial charge in [-0.15, -0.1) is 11.3 Å². The molecule has 1 amide bonds. The average Bonchev–Trinajstić information content (AvgIpc) is 2.56. The van der Waals surface area contributed by atoms with Crippen LogP contribution in [0, 0.1) is 13.8 Å². The zero-order valence-electron chi connectivity index (χ0n) is 9.01. The van der Waals surface area contributed by atoms with Crippen LogP contribution in [0.15, 0.2) is 6.07 Å². The maximum atomic E-state index is 12.7. The summed E-state index contributed by atoms with van der Waals surface area (Å²) in [6, 6.07) is 1.66. The molecule has 2 N–H and O–H groups in total.